The van der Waals surface area contributed by atoms with Crippen LogP contribution in [0.2, 0.25) is 0 Å². The summed E-state index contributed by atoms with van der Waals surface area (Å²) in [7, 11) is 0. The Morgan fingerprint density at radius 3 is 2.55 bits per heavy atom. The molecule has 2 saturated heterocycles. The van der Waals surface area contributed by atoms with Gasteiger partial charge in [-0.05, 0) is 40.2 Å². The molecule has 0 spiro atoms. The molecule has 1 atom stereocenters. The summed E-state index contributed by atoms with van der Waals surface area (Å²) in [6, 6.07) is 0.0666. The zero-order valence-electron chi connectivity index (χ0n) is 12.6. The molecule has 2 heterocycles. The number of ether oxygens (including phenoxy) is 1. The van der Waals surface area contributed by atoms with Gasteiger partial charge in [0, 0.05) is 19.6 Å². The maximum Gasteiger partial charge on any atom is 0.410 e. The first-order valence-electron chi connectivity index (χ1n) is 7.34. The summed E-state index contributed by atoms with van der Waals surface area (Å²) in [4.78, 5) is 25.4. The lowest BCUT2D eigenvalue weighted by atomic mass is 9.98. The van der Waals surface area contributed by atoms with Crippen LogP contribution in [-0.4, -0.2) is 54.7 Å². The van der Waals surface area contributed by atoms with Crippen molar-refractivity contribution in [3.05, 3.63) is 0 Å². The zero-order chi connectivity index (χ0) is 14.8. The molecule has 20 heavy (non-hydrogen) atoms. The normalized spacial score (nSPS) is 23.9. The maximum atomic E-state index is 12.0. The number of amides is 2. The monoisotopic (exact) mass is 283 g/mol. The number of nitrogens with one attached hydrogen (secondary N) is 2. The van der Waals surface area contributed by atoms with E-state index < -0.39 is 5.60 Å². The summed E-state index contributed by atoms with van der Waals surface area (Å²) >= 11 is 0. The zero-order valence-corrected chi connectivity index (χ0v) is 12.6. The second-order valence-corrected chi connectivity index (χ2v) is 6.63. The Labute approximate surface area is 120 Å². The second-order valence-electron chi connectivity index (χ2n) is 6.63. The molecule has 2 aliphatic heterocycles. The smallest absolute Gasteiger partial charge is 0.410 e. The van der Waals surface area contributed by atoms with Crippen LogP contribution in [0.4, 0.5) is 4.79 Å². The minimum Gasteiger partial charge on any atom is -0.444 e. The SMILES string of the molecule is CC(C)(C)OC(=O)N1CC(NC(=O)[C@@H]2CCCNC2)C1. The summed E-state index contributed by atoms with van der Waals surface area (Å²) in [5.41, 5.74) is -0.473. The minimum absolute atomic E-state index is 0.0666. The van der Waals surface area contributed by atoms with Gasteiger partial charge in [0.1, 0.15) is 5.60 Å². The van der Waals surface area contributed by atoms with Gasteiger partial charge in [0.2, 0.25) is 5.91 Å². The van der Waals surface area contributed by atoms with Crippen molar-refractivity contribution in [2.45, 2.75) is 45.3 Å². The molecule has 0 bridgehead atoms. The van der Waals surface area contributed by atoms with Crippen molar-refractivity contribution in [2.24, 2.45) is 5.92 Å². The third kappa shape index (κ3) is 4.10. The summed E-state index contributed by atoms with van der Waals surface area (Å²) in [5.74, 6) is 0.172. The van der Waals surface area contributed by atoms with Gasteiger partial charge in [0.25, 0.3) is 0 Å². The van der Waals surface area contributed by atoms with E-state index in [1.807, 2.05) is 20.8 Å². The fourth-order valence-electron chi connectivity index (χ4n) is 2.44. The Bertz CT molecular complexity index is 366. The van der Waals surface area contributed by atoms with Gasteiger partial charge in [-0.25, -0.2) is 4.79 Å². The summed E-state index contributed by atoms with van der Waals surface area (Å²) in [6.07, 6.45) is 1.69. The van der Waals surface area contributed by atoms with E-state index in [4.69, 9.17) is 4.74 Å². The quantitative estimate of drug-likeness (QED) is 0.783. The van der Waals surface area contributed by atoms with Crippen molar-refractivity contribution < 1.29 is 14.3 Å². The molecule has 0 aromatic heterocycles. The molecule has 0 radical (unpaired) electrons. The number of piperidine rings is 1. The van der Waals surface area contributed by atoms with Crippen LogP contribution in [0.3, 0.4) is 0 Å². The van der Waals surface area contributed by atoms with Crippen LogP contribution in [0.15, 0.2) is 0 Å². The summed E-state index contributed by atoms with van der Waals surface area (Å²) in [5, 5.41) is 6.24. The van der Waals surface area contributed by atoms with Crippen molar-refractivity contribution in [1.29, 1.82) is 0 Å². The lowest BCUT2D eigenvalue weighted by Crippen LogP contribution is -2.62. The predicted octanol–water partition coefficient (Wildman–Crippen LogP) is 0.722. The van der Waals surface area contributed by atoms with E-state index in [1.54, 1.807) is 4.90 Å². The van der Waals surface area contributed by atoms with Crippen LogP contribution in [0.5, 0.6) is 0 Å². The maximum absolute atomic E-state index is 12.0. The Balaban J connectivity index is 1.68. The Hall–Kier alpha value is -1.30. The molecular formula is C14H25N3O3. The Kier molecular flexibility index (Phi) is 4.52. The molecular weight excluding hydrogens is 258 g/mol. The Morgan fingerprint density at radius 2 is 2.00 bits per heavy atom. The first-order chi connectivity index (χ1) is 9.35. The van der Waals surface area contributed by atoms with Gasteiger partial charge in [-0.1, -0.05) is 0 Å². The summed E-state index contributed by atoms with van der Waals surface area (Å²) < 4.78 is 5.28. The highest BCUT2D eigenvalue weighted by Gasteiger charge is 2.35. The molecule has 6 nitrogen and oxygen atoms in total. The lowest BCUT2D eigenvalue weighted by Gasteiger charge is -2.40. The van der Waals surface area contributed by atoms with Crippen molar-refractivity contribution in [1.82, 2.24) is 15.5 Å². The molecule has 2 amide bonds. The predicted molar refractivity (Wildman–Crippen MR) is 75.3 cm³/mol. The van der Waals surface area contributed by atoms with Crippen molar-refractivity contribution in [2.75, 3.05) is 26.2 Å². The van der Waals surface area contributed by atoms with Crippen LogP contribution in [0.25, 0.3) is 0 Å². The third-order valence-corrected chi connectivity index (χ3v) is 3.55. The average Bonchev–Trinajstić information content (AvgIpc) is 2.31. The molecule has 2 N–H and O–H groups in total. The molecule has 0 unspecified atom stereocenters. The highest BCUT2D eigenvalue weighted by molar-refractivity contribution is 5.80. The van der Waals surface area contributed by atoms with Gasteiger partial charge in [-0.2, -0.15) is 0 Å². The molecule has 2 aliphatic rings. The van der Waals surface area contributed by atoms with Crippen LogP contribution in [0, 0.1) is 5.92 Å². The number of hydrogen-bond donors (Lipinski definition) is 2. The number of nitrogens with zero attached hydrogens (tertiary/aromatic N) is 1. The van der Waals surface area contributed by atoms with Gasteiger partial charge in [0.05, 0.1) is 12.0 Å². The van der Waals surface area contributed by atoms with Crippen molar-refractivity contribution in [3.8, 4) is 0 Å². The van der Waals surface area contributed by atoms with E-state index in [0.717, 1.165) is 25.9 Å². The van der Waals surface area contributed by atoms with Crippen LogP contribution in [0.1, 0.15) is 33.6 Å². The largest absolute Gasteiger partial charge is 0.444 e. The minimum atomic E-state index is -0.473. The van der Waals surface area contributed by atoms with Gasteiger partial charge in [0.15, 0.2) is 0 Å². The standard InChI is InChI=1S/C14H25N3O3/c1-14(2,3)20-13(19)17-8-11(9-17)16-12(18)10-5-4-6-15-7-10/h10-11,15H,4-9H2,1-3H3,(H,16,18)/t10-/m1/s1. The van der Waals surface area contributed by atoms with E-state index in [9.17, 15) is 9.59 Å². The number of hydrogen-bond acceptors (Lipinski definition) is 4. The second kappa shape index (κ2) is 5.99. The molecule has 0 aromatic rings. The van der Waals surface area contributed by atoms with Gasteiger partial charge in [-0.15, -0.1) is 0 Å². The first kappa shape index (κ1) is 15.1. The van der Waals surface area contributed by atoms with Crippen LogP contribution >= 0.6 is 0 Å². The van der Waals surface area contributed by atoms with E-state index in [1.165, 1.54) is 0 Å². The molecule has 0 aromatic carbocycles. The highest BCUT2D eigenvalue weighted by atomic mass is 16.6. The number of rotatable bonds is 2. The third-order valence-electron chi connectivity index (χ3n) is 3.55. The molecule has 2 fully saturated rings. The van der Waals surface area contributed by atoms with Gasteiger partial charge >= 0.3 is 6.09 Å². The number of carbonyl (C=O) groups is 2. The molecule has 0 saturated carbocycles. The van der Waals surface area contributed by atoms with Crippen LogP contribution < -0.4 is 10.6 Å². The molecule has 114 valence electrons. The van der Waals surface area contributed by atoms with Crippen molar-refractivity contribution >= 4 is 12.0 Å². The van der Waals surface area contributed by atoms with Crippen LogP contribution in [-0.2, 0) is 9.53 Å². The fraction of sp³-hybridized carbons (Fsp3) is 0.857. The van der Waals surface area contributed by atoms with Crippen molar-refractivity contribution in [3.63, 3.8) is 0 Å². The van der Waals surface area contributed by atoms with E-state index in [-0.39, 0.29) is 24.0 Å². The number of likely N-dealkylation sites (tertiary alicyclic amines) is 1. The molecule has 6 heteroatoms. The van der Waals surface area contributed by atoms with Gasteiger partial charge in [-0.3, -0.25) is 4.79 Å². The highest BCUT2D eigenvalue weighted by Crippen LogP contribution is 2.16. The van der Waals surface area contributed by atoms with E-state index >= 15 is 0 Å². The molecule has 0 aliphatic carbocycles. The first-order valence-corrected chi connectivity index (χ1v) is 7.34. The topological polar surface area (TPSA) is 70.7 Å². The average molecular weight is 283 g/mol. The molecule has 2 rings (SSSR count). The van der Waals surface area contributed by atoms with Gasteiger partial charge < -0.3 is 20.3 Å². The Morgan fingerprint density at radius 1 is 1.30 bits per heavy atom. The van der Waals surface area contributed by atoms with E-state index in [0.29, 0.717) is 13.1 Å². The fourth-order valence-corrected chi connectivity index (χ4v) is 2.44. The lowest BCUT2D eigenvalue weighted by molar-refractivity contribution is -0.127. The van der Waals surface area contributed by atoms with E-state index in [2.05, 4.69) is 10.6 Å². The summed E-state index contributed by atoms with van der Waals surface area (Å²) in [6.45, 7) is 8.38. The number of carbonyl (C=O) groups excluding carboxylic acids is 2.